The number of ether oxygens (including phenoxy) is 1. The van der Waals surface area contributed by atoms with Crippen molar-refractivity contribution >= 4 is 28.6 Å². The van der Waals surface area contributed by atoms with E-state index >= 15 is 0 Å². The second-order valence-electron chi connectivity index (χ2n) is 10.7. The smallest absolute Gasteiger partial charge is 0.336 e. The van der Waals surface area contributed by atoms with Crippen LogP contribution in [0.4, 0.5) is 0 Å². The number of phenols is 1. The minimum Gasteiger partial charge on any atom is -0.508 e. The van der Waals surface area contributed by atoms with Gasteiger partial charge in [0.2, 0.25) is 0 Å². The predicted octanol–water partition coefficient (Wildman–Crippen LogP) is 5.95. The van der Waals surface area contributed by atoms with Crippen molar-refractivity contribution in [3.05, 3.63) is 88.1 Å². The molecule has 1 aliphatic heterocycles. The molecular formula is C34H33NO8. The first-order chi connectivity index (χ1) is 20.8. The highest BCUT2D eigenvalue weighted by Gasteiger charge is 2.23. The van der Waals surface area contributed by atoms with Crippen molar-refractivity contribution in [1.29, 1.82) is 0 Å². The van der Waals surface area contributed by atoms with E-state index in [0.717, 1.165) is 32.1 Å². The number of rotatable bonds is 10. The molecule has 1 amide bonds. The first kappa shape index (κ1) is 29.7. The van der Waals surface area contributed by atoms with Crippen LogP contribution < -0.4 is 10.7 Å². The van der Waals surface area contributed by atoms with Crippen LogP contribution in [-0.4, -0.2) is 47.1 Å². The fourth-order valence-corrected chi connectivity index (χ4v) is 5.39. The van der Waals surface area contributed by atoms with Gasteiger partial charge in [-0.25, -0.2) is 4.79 Å². The average molecular weight is 584 g/mol. The maximum Gasteiger partial charge on any atom is 0.336 e. The summed E-state index contributed by atoms with van der Waals surface area (Å²) in [7, 11) is 0. The predicted molar refractivity (Wildman–Crippen MR) is 162 cm³/mol. The molecule has 0 radical (unpaired) electrons. The normalized spacial score (nSPS) is 16.0. The number of nitrogens with one attached hydrogen (secondary N) is 1. The lowest BCUT2D eigenvalue weighted by Crippen LogP contribution is -2.26. The summed E-state index contributed by atoms with van der Waals surface area (Å²) in [6.07, 6.45) is 10.0. The standard InChI is InChI=1S/C34H33NO8/c36-22-11-14-27-30(18-22)43-31-19-23(37)12-15-28(31)32(27)26-13-10-21(17-29(26)34(40)41)33(39)35-16-6-7-24(38)20-42-25-8-4-2-1-3-5-9-25/h1-2,10-15,17-19,25,36H,3-9,16,20H2,(H,35,39)(H,40,41)/b2-1+. The van der Waals surface area contributed by atoms with E-state index in [1.165, 1.54) is 36.4 Å². The van der Waals surface area contributed by atoms with E-state index in [-0.39, 0.29) is 65.1 Å². The van der Waals surface area contributed by atoms with Gasteiger partial charge in [0, 0.05) is 47.2 Å². The van der Waals surface area contributed by atoms with E-state index < -0.39 is 11.9 Å². The highest BCUT2D eigenvalue weighted by atomic mass is 16.5. The second-order valence-corrected chi connectivity index (χ2v) is 10.7. The third-order valence-corrected chi connectivity index (χ3v) is 7.58. The maximum absolute atomic E-state index is 12.9. The number of fused-ring (bicyclic) bond motifs is 2. The van der Waals surface area contributed by atoms with Gasteiger partial charge in [-0.15, -0.1) is 0 Å². The third-order valence-electron chi connectivity index (χ3n) is 7.58. The van der Waals surface area contributed by atoms with E-state index in [4.69, 9.17) is 9.15 Å². The molecule has 1 unspecified atom stereocenters. The zero-order chi connectivity index (χ0) is 30.3. The van der Waals surface area contributed by atoms with Crippen LogP contribution in [0.5, 0.6) is 5.75 Å². The van der Waals surface area contributed by atoms with Crippen molar-refractivity contribution in [2.45, 2.75) is 51.0 Å². The van der Waals surface area contributed by atoms with Crippen LogP contribution in [0, 0.1) is 0 Å². The van der Waals surface area contributed by atoms with Gasteiger partial charge in [0.05, 0.1) is 11.7 Å². The van der Waals surface area contributed by atoms with Crippen molar-refractivity contribution in [3.63, 3.8) is 0 Å². The fourth-order valence-electron chi connectivity index (χ4n) is 5.39. The maximum atomic E-state index is 12.9. The van der Waals surface area contributed by atoms with Gasteiger partial charge in [-0.3, -0.25) is 14.4 Å². The lowest BCUT2D eigenvalue weighted by atomic mass is 9.90. The summed E-state index contributed by atoms with van der Waals surface area (Å²) in [6, 6.07) is 13.1. The molecule has 3 N–H and O–H groups in total. The van der Waals surface area contributed by atoms with Gasteiger partial charge in [0.1, 0.15) is 23.7 Å². The van der Waals surface area contributed by atoms with Gasteiger partial charge in [-0.1, -0.05) is 18.2 Å². The number of carbonyl (C=O) groups is 3. The van der Waals surface area contributed by atoms with Crippen molar-refractivity contribution < 1.29 is 33.8 Å². The quantitative estimate of drug-likeness (QED) is 0.118. The lowest BCUT2D eigenvalue weighted by Gasteiger charge is -2.18. The van der Waals surface area contributed by atoms with Gasteiger partial charge in [0.25, 0.3) is 5.91 Å². The monoisotopic (exact) mass is 583 g/mol. The highest BCUT2D eigenvalue weighted by molar-refractivity contribution is 6.09. The van der Waals surface area contributed by atoms with Crippen molar-refractivity contribution in [2.75, 3.05) is 13.2 Å². The number of ketones is 1. The molecule has 9 nitrogen and oxygen atoms in total. The van der Waals surface area contributed by atoms with Gasteiger partial charge >= 0.3 is 5.97 Å². The van der Waals surface area contributed by atoms with E-state index in [2.05, 4.69) is 17.5 Å². The summed E-state index contributed by atoms with van der Waals surface area (Å²) in [5.74, 6) is -1.53. The minimum absolute atomic E-state index is 0.0177. The number of amides is 1. The molecule has 222 valence electrons. The molecule has 43 heavy (non-hydrogen) atoms. The zero-order valence-electron chi connectivity index (χ0n) is 23.6. The van der Waals surface area contributed by atoms with Crippen molar-refractivity contribution in [2.24, 2.45) is 0 Å². The van der Waals surface area contributed by atoms with Crippen molar-refractivity contribution in [3.8, 4) is 28.2 Å². The number of hydrogen-bond acceptors (Lipinski definition) is 7. The first-order valence-corrected chi connectivity index (χ1v) is 14.4. The molecule has 0 saturated heterocycles. The Bertz CT molecular complexity index is 1720. The zero-order valence-corrected chi connectivity index (χ0v) is 23.6. The molecule has 2 aliphatic carbocycles. The van der Waals surface area contributed by atoms with Gasteiger partial charge in [-0.2, -0.15) is 0 Å². The number of Topliss-reactive ketones (excluding diaryl/α,β-unsaturated/α-hetero) is 1. The van der Waals surface area contributed by atoms with E-state index in [0.29, 0.717) is 28.5 Å². The molecule has 0 saturated carbocycles. The molecular weight excluding hydrogens is 550 g/mol. The molecule has 0 aromatic heterocycles. The van der Waals surface area contributed by atoms with Crippen LogP contribution in [0.25, 0.3) is 33.4 Å². The molecule has 1 heterocycles. The number of carboxylic acids is 1. The number of aromatic carboxylic acids is 1. The summed E-state index contributed by atoms with van der Waals surface area (Å²) in [4.78, 5) is 49.6. The number of hydrogen-bond donors (Lipinski definition) is 3. The number of aromatic hydroxyl groups is 1. The molecule has 0 bridgehead atoms. The van der Waals surface area contributed by atoms with Crippen LogP contribution in [0.1, 0.15) is 65.7 Å². The minimum atomic E-state index is -1.24. The molecule has 0 spiro atoms. The topological polar surface area (TPSA) is 143 Å². The molecule has 3 aliphatic rings. The van der Waals surface area contributed by atoms with Crippen LogP contribution in [-0.2, 0) is 9.53 Å². The summed E-state index contributed by atoms with van der Waals surface area (Å²) in [5, 5.41) is 23.4. The molecule has 2 aromatic rings. The lowest BCUT2D eigenvalue weighted by molar-refractivity contribution is -0.126. The Kier molecular flexibility index (Phi) is 9.32. The Morgan fingerprint density at radius 3 is 2.60 bits per heavy atom. The Balaban J connectivity index is 1.28. The number of allylic oxidation sites excluding steroid dienone is 2. The Hall–Kier alpha value is -4.76. The highest BCUT2D eigenvalue weighted by Crippen LogP contribution is 2.42. The summed E-state index contributed by atoms with van der Waals surface area (Å²) in [5.41, 5.74) is 1.36. The summed E-state index contributed by atoms with van der Waals surface area (Å²) < 4.78 is 11.7. The van der Waals surface area contributed by atoms with Crippen LogP contribution in [0.3, 0.4) is 0 Å². The average Bonchev–Trinajstić information content (AvgIpc) is 2.97. The van der Waals surface area contributed by atoms with Gasteiger partial charge < -0.3 is 24.7 Å². The van der Waals surface area contributed by atoms with E-state index in [9.17, 15) is 29.4 Å². The van der Waals surface area contributed by atoms with Crippen molar-refractivity contribution in [1.82, 2.24) is 5.32 Å². The SMILES string of the molecule is O=C(CCCNC(=O)c1ccc(-c2c3ccc(=O)cc-3oc3cc(O)ccc23)c(C(=O)O)c1)COC1CC/C=C/CCC1. The Labute approximate surface area is 248 Å². The largest absolute Gasteiger partial charge is 0.508 e. The van der Waals surface area contributed by atoms with Crippen LogP contribution in [0.15, 0.2) is 76.0 Å². The third kappa shape index (κ3) is 7.18. The van der Waals surface area contributed by atoms with Gasteiger partial charge in [0.15, 0.2) is 11.2 Å². The number of carboxylic acid groups (broad SMARTS) is 1. The molecule has 1 atom stereocenters. The number of phenolic OH excluding ortho intramolecular Hbond substituents is 1. The van der Waals surface area contributed by atoms with E-state index in [1.807, 2.05) is 0 Å². The van der Waals surface area contributed by atoms with Crippen LogP contribution in [0.2, 0.25) is 0 Å². The number of carbonyl (C=O) groups excluding carboxylic acids is 2. The first-order valence-electron chi connectivity index (χ1n) is 14.4. The molecule has 9 heteroatoms. The van der Waals surface area contributed by atoms with Gasteiger partial charge in [-0.05, 0) is 80.5 Å². The summed E-state index contributed by atoms with van der Waals surface area (Å²) in [6.45, 7) is 0.317. The Morgan fingerprint density at radius 1 is 0.953 bits per heavy atom. The number of benzene rings is 3. The van der Waals surface area contributed by atoms with Crippen LogP contribution >= 0.6 is 0 Å². The molecule has 5 rings (SSSR count). The molecule has 2 aromatic carbocycles. The molecule has 0 fully saturated rings. The fraction of sp³-hybridized carbons (Fsp3) is 0.294. The summed E-state index contributed by atoms with van der Waals surface area (Å²) >= 11 is 0. The second kappa shape index (κ2) is 13.5. The Morgan fingerprint density at radius 2 is 1.77 bits per heavy atom. The van der Waals surface area contributed by atoms with E-state index in [1.54, 1.807) is 18.2 Å².